The molecule has 2 atom stereocenters. The maximum atomic E-state index is 13.6. The van der Waals surface area contributed by atoms with Crippen LogP contribution in [0.15, 0.2) is 48.5 Å². The minimum absolute atomic E-state index is 0.0316. The van der Waals surface area contributed by atoms with E-state index in [2.05, 4.69) is 4.90 Å². The second-order valence-electron chi connectivity index (χ2n) is 8.22. The molecular formula is C23H24F4N2O. The van der Waals surface area contributed by atoms with Crippen molar-refractivity contribution in [2.45, 2.75) is 24.9 Å². The second-order valence-corrected chi connectivity index (χ2v) is 8.22. The van der Waals surface area contributed by atoms with E-state index in [1.165, 1.54) is 30.3 Å². The third-order valence-electron chi connectivity index (χ3n) is 6.13. The lowest BCUT2D eigenvalue weighted by Crippen LogP contribution is -2.32. The molecule has 0 aliphatic carbocycles. The van der Waals surface area contributed by atoms with Crippen molar-refractivity contribution in [3.8, 4) is 0 Å². The molecule has 2 aromatic carbocycles. The summed E-state index contributed by atoms with van der Waals surface area (Å²) in [4.78, 5) is 16.9. The summed E-state index contributed by atoms with van der Waals surface area (Å²) in [5.41, 5.74) is 0.193. The average Bonchev–Trinajstić information content (AvgIpc) is 3.37. The molecule has 2 heterocycles. The van der Waals surface area contributed by atoms with E-state index in [1.807, 2.05) is 0 Å². The number of hydrogen-bond donors (Lipinski definition) is 0. The van der Waals surface area contributed by atoms with Gasteiger partial charge in [-0.05, 0) is 61.7 Å². The predicted octanol–water partition coefficient (Wildman–Crippen LogP) is 4.80. The van der Waals surface area contributed by atoms with E-state index in [9.17, 15) is 22.4 Å². The van der Waals surface area contributed by atoms with Gasteiger partial charge < -0.3 is 9.80 Å². The van der Waals surface area contributed by atoms with Crippen molar-refractivity contribution < 1.29 is 22.4 Å². The molecule has 0 unspecified atom stereocenters. The summed E-state index contributed by atoms with van der Waals surface area (Å²) in [5, 5.41) is 0. The molecule has 0 N–H and O–H groups in total. The van der Waals surface area contributed by atoms with Crippen LogP contribution in [0.25, 0.3) is 0 Å². The number of nitrogens with zero attached hydrogens (tertiary/aromatic N) is 2. The zero-order valence-electron chi connectivity index (χ0n) is 16.5. The topological polar surface area (TPSA) is 23.6 Å². The molecule has 0 saturated carbocycles. The monoisotopic (exact) mass is 420 g/mol. The lowest BCUT2D eigenvalue weighted by molar-refractivity contribution is -0.137. The molecule has 0 radical (unpaired) electrons. The highest BCUT2D eigenvalue weighted by Crippen LogP contribution is 2.37. The Balaban J connectivity index is 1.60. The quantitative estimate of drug-likeness (QED) is 0.664. The van der Waals surface area contributed by atoms with Crippen molar-refractivity contribution in [3.63, 3.8) is 0 Å². The van der Waals surface area contributed by atoms with Gasteiger partial charge in [0, 0.05) is 31.1 Å². The number of alkyl halides is 3. The van der Waals surface area contributed by atoms with Crippen LogP contribution in [-0.4, -0.2) is 48.4 Å². The van der Waals surface area contributed by atoms with Crippen LogP contribution in [0, 0.1) is 11.7 Å². The van der Waals surface area contributed by atoms with E-state index < -0.39 is 17.6 Å². The van der Waals surface area contributed by atoms with Crippen LogP contribution in [0.4, 0.5) is 17.6 Å². The Bertz CT molecular complexity index is 908. The second kappa shape index (κ2) is 8.38. The number of hydrogen-bond acceptors (Lipinski definition) is 2. The van der Waals surface area contributed by atoms with Gasteiger partial charge >= 0.3 is 6.18 Å². The fourth-order valence-electron chi connectivity index (χ4n) is 4.65. The van der Waals surface area contributed by atoms with Crippen LogP contribution in [0.5, 0.6) is 0 Å². The van der Waals surface area contributed by atoms with E-state index in [0.717, 1.165) is 38.5 Å². The van der Waals surface area contributed by atoms with E-state index in [-0.39, 0.29) is 23.3 Å². The van der Waals surface area contributed by atoms with Crippen molar-refractivity contribution in [1.29, 1.82) is 0 Å². The van der Waals surface area contributed by atoms with Crippen LogP contribution in [0.1, 0.15) is 40.2 Å². The summed E-state index contributed by atoms with van der Waals surface area (Å²) in [6, 6.07) is 11.0. The largest absolute Gasteiger partial charge is 0.416 e. The first-order valence-corrected chi connectivity index (χ1v) is 10.3. The molecule has 1 amide bonds. The van der Waals surface area contributed by atoms with Gasteiger partial charge in [0.15, 0.2) is 0 Å². The molecule has 2 aliphatic rings. The Hall–Kier alpha value is -2.41. The molecule has 2 aliphatic heterocycles. The Kier molecular flexibility index (Phi) is 5.82. The van der Waals surface area contributed by atoms with Crippen molar-refractivity contribution >= 4 is 5.91 Å². The number of carbonyl (C=O) groups is 1. The number of benzene rings is 2. The Morgan fingerprint density at radius 1 is 1.00 bits per heavy atom. The molecular weight excluding hydrogens is 396 g/mol. The molecule has 160 valence electrons. The van der Waals surface area contributed by atoms with E-state index in [0.29, 0.717) is 18.7 Å². The van der Waals surface area contributed by atoms with Gasteiger partial charge in [0.25, 0.3) is 5.91 Å². The SMILES string of the molecule is O=C(c1cccc(F)c1)N1C[C@H](CN2CCCC2)[C@H](c2cccc(C(F)(F)F)c2)C1. The predicted molar refractivity (Wildman–Crippen MR) is 106 cm³/mol. The normalized spacial score (nSPS) is 22.6. The van der Waals surface area contributed by atoms with Crippen LogP contribution in [-0.2, 0) is 6.18 Å². The molecule has 3 nitrogen and oxygen atoms in total. The Morgan fingerprint density at radius 2 is 1.73 bits per heavy atom. The van der Waals surface area contributed by atoms with Gasteiger partial charge in [-0.15, -0.1) is 0 Å². The van der Waals surface area contributed by atoms with Crippen molar-refractivity contribution in [1.82, 2.24) is 9.80 Å². The number of halogens is 4. The Morgan fingerprint density at radius 3 is 2.43 bits per heavy atom. The molecule has 7 heteroatoms. The molecule has 0 spiro atoms. The lowest BCUT2D eigenvalue weighted by atomic mass is 9.87. The first-order chi connectivity index (χ1) is 14.3. The van der Waals surface area contributed by atoms with Gasteiger partial charge in [-0.1, -0.05) is 24.3 Å². The minimum atomic E-state index is -4.41. The summed E-state index contributed by atoms with van der Waals surface area (Å²) in [6.07, 6.45) is -2.17. The first kappa shape index (κ1) is 20.8. The summed E-state index contributed by atoms with van der Waals surface area (Å²) in [5.74, 6) is -0.923. The third kappa shape index (κ3) is 4.51. The highest BCUT2D eigenvalue weighted by Gasteiger charge is 2.39. The van der Waals surface area contributed by atoms with E-state index >= 15 is 0 Å². The van der Waals surface area contributed by atoms with Gasteiger partial charge in [0.05, 0.1) is 5.56 Å². The fourth-order valence-corrected chi connectivity index (χ4v) is 4.65. The molecule has 2 aromatic rings. The van der Waals surface area contributed by atoms with Crippen LogP contribution < -0.4 is 0 Å². The zero-order chi connectivity index (χ0) is 21.3. The van der Waals surface area contributed by atoms with Gasteiger partial charge in [-0.2, -0.15) is 13.2 Å². The van der Waals surface area contributed by atoms with Gasteiger partial charge in [0.2, 0.25) is 0 Å². The maximum Gasteiger partial charge on any atom is 0.416 e. The van der Waals surface area contributed by atoms with Crippen molar-refractivity contribution in [3.05, 3.63) is 71.0 Å². The average molecular weight is 420 g/mol. The minimum Gasteiger partial charge on any atom is -0.338 e. The first-order valence-electron chi connectivity index (χ1n) is 10.3. The van der Waals surface area contributed by atoms with Crippen LogP contribution >= 0.6 is 0 Å². The molecule has 0 bridgehead atoms. The maximum absolute atomic E-state index is 13.6. The van der Waals surface area contributed by atoms with Crippen molar-refractivity contribution in [2.24, 2.45) is 5.92 Å². The van der Waals surface area contributed by atoms with E-state index in [1.54, 1.807) is 17.0 Å². The van der Waals surface area contributed by atoms with E-state index in [4.69, 9.17) is 0 Å². The number of amides is 1. The molecule has 2 fully saturated rings. The third-order valence-corrected chi connectivity index (χ3v) is 6.13. The van der Waals surface area contributed by atoms with Crippen LogP contribution in [0.2, 0.25) is 0 Å². The summed E-state index contributed by atoms with van der Waals surface area (Å²) < 4.78 is 53.3. The van der Waals surface area contributed by atoms with Gasteiger partial charge in [-0.25, -0.2) is 4.39 Å². The Labute approximate surface area is 173 Å². The van der Waals surface area contributed by atoms with Crippen molar-refractivity contribution in [2.75, 3.05) is 32.7 Å². The lowest BCUT2D eigenvalue weighted by Gasteiger charge is -2.24. The molecule has 0 aromatic heterocycles. The van der Waals surface area contributed by atoms with Gasteiger partial charge in [0.1, 0.15) is 5.82 Å². The molecule has 2 saturated heterocycles. The highest BCUT2D eigenvalue weighted by molar-refractivity contribution is 5.94. The summed E-state index contributed by atoms with van der Waals surface area (Å²) >= 11 is 0. The molecule has 30 heavy (non-hydrogen) atoms. The number of likely N-dealkylation sites (tertiary alicyclic amines) is 2. The van der Waals surface area contributed by atoms with Gasteiger partial charge in [-0.3, -0.25) is 4.79 Å². The summed E-state index contributed by atoms with van der Waals surface area (Å²) in [7, 11) is 0. The van der Waals surface area contributed by atoms with Crippen LogP contribution in [0.3, 0.4) is 0 Å². The smallest absolute Gasteiger partial charge is 0.338 e. The number of carbonyl (C=O) groups excluding carboxylic acids is 1. The fraction of sp³-hybridized carbons (Fsp3) is 0.435. The summed E-state index contributed by atoms with van der Waals surface area (Å²) in [6.45, 7) is 3.48. The number of rotatable bonds is 4. The highest BCUT2D eigenvalue weighted by atomic mass is 19.4. The zero-order valence-corrected chi connectivity index (χ0v) is 16.5. The standard InChI is InChI=1S/C23H24F4N2O/c24-20-8-4-6-17(12-20)22(30)29-14-18(13-28-9-1-2-10-28)21(15-29)16-5-3-7-19(11-16)23(25,26)27/h3-8,11-12,18,21H,1-2,9-10,13-15H2/t18-,21-/m0/s1. The molecule has 4 rings (SSSR count).